The molecule has 1 amide bonds. The van der Waals surface area contributed by atoms with E-state index in [4.69, 9.17) is 4.74 Å². The molecule has 0 aliphatic carbocycles. The van der Waals surface area contributed by atoms with E-state index in [1.54, 1.807) is 32.2 Å². The van der Waals surface area contributed by atoms with Crippen molar-refractivity contribution in [1.29, 1.82) is 0 Å². The number of aromatic nitrogens is 1. The SMILES string of the molecule is CCN(CC)S(=O)(=O)c1ccc(OCC(=O)Nc2ccc3sncc3c2)cc1. The Hall–Kier alpha value is -2.49. The van der Waals surface area contributed by atoms with Crippen LogP contribution in [0.25, 0.3) is 10.1 Å². The molecule has 3 rings (SSSR count). The zero-order valence-electron chi connectivity index (χ0n) is 15.6. The van der Waals surface area contributed by atoms with Crippen molar-refractivity contribution in [2.75, 3.05) is 25.0 Å². The van der Waals surface area contributed by atoms with E-state index in [2.05, 4.69) is 9.69 Å². The molecule has 0 radical (unpaired) electrons. The zero-order chi connectivity index (χ0) is 20.1. The Labute approximate surface area is 168 Å². The number of hydrogen-bond acceptors (Lipinski definition) is 6. The molecule has 1 heterocycles. The first-order chi connectivity index (χ1) is 13.4. The molecule has 0 fully saturated rings. The van der Waals surface area contributed by atoms with Crippen LogP contribution in [0.3, 0.4) is 0 Å². The minimum Gasteiger partial charge on any atom is -0.484 e. The van der Waals surface area contributed by atoms with Crippen LogP contribution in [-0.2, 0) is 14.8 Å². The van der Waals surface area contributed by atoms with Crippen LogP contribution in [0.15, 0.2) is 53.6 Å². The van der Waals surface area contributed by atoms with Crippen molar-refractivity contribution in [3.8, 4) is 5.75 Å². The van der Waals surface area contributed by atoms with Crippen molar-refractivity contribution in [1.82, 2.24) is 8.68 Å². The molecule has 0 saturated heterocycles. The van der Waals surface area contributed by atoms with E-state index in [0.29, 0.717) is 24.5 Å². The maximum absolute atomic E-state index is 12.5. The van der Waals surface area contributed by atoms with Gasteiger partial charge < -0.3 is 10.1 Å². The van der Waals surface area contributed by atoms with Gasteiger partial charge in [0.1, 0.15) is 5.75 Å². The summed E-state index contributed by atoms with van der Waals surface area (Å²) in [6, 6.07) is 11.6. The second-order valence-corrected chi connectivity index (χ2v) is 8.75. The van der Waals surface area contributed by atoms with Gasteiger partial charge in [-0.15, -0.1) is 0 Å². The van der Waals surface area contributed by atoms with E-state index in [9.17, 15) is 13.2 Å². The summed E-state index contributed by atoms with van der Waals surface area (Å²) in [7, 11) is -3.51. The first-order valence-corrected chi connectivity index (χ1v) is 11.0. The van der Waals surface area contributed by atoms with E-state index in [-0.39, 0.29) is 17.4 Å². The topological polar surface area (TPSA) is 88.6 Å². The molecule has 3 aromatic rings. The van der Waals surface area contributed by atoms with Gasteiger partial charge in [0, 0.05) is 30.4 Å². The van der Waals surface area contributed by atoms with E-state index >= 15 is 0 Å². The molecule has 0 aliphatic heterocycles. The third kappa shape index (κ3) is 4.49. The van der Waals surface area contributed by atoms with Crippen LogP contribution in [0.5, 0.6) is 5.75 Å². The number of nitrogens with zero attached hydrogens (tertiary/aromatic N) is 2. The number of benzene rings is 2. The number of carbonyl (C=O) groups is 1. The summed E-state index contributed by atoms with van der Waals surface area (Å²) in [5, 5.41) is 3.74. The van der Waals surface area contributed by atoms with Crippen molar-refractivity contribution in [2.45, 2.75) is 18.7 Å². The number of amides is 1. The lowest BCUT2D eigenvalue weighted by molar-refractivity contribution is -0.118. The fourth-order valence-electron chi connectivity index (χ4n) is 2.72. The maximum atomic E-state index is 12.5. The van der Waals surface area contributed by atoms with Crippen LogP contribution in [0.4, 0.5) is 5.69 Å². The van der Waals surface area contributed by atoms with Gasteiger partial charge in [0.05, 0.1) is 9.60 Å². The van der Waals surface area contributed by atoms with Crippen LogP contribution in [0, 0.1) is 0 Å². The van der Waals surface area contributed by atoms with Crippen LogP contribution in [-0.4, -0.2) is 42.7 Å². The lowest BCUT2D eigenvalue weighted by Gasteiger charge is -2.18. The van der Waals surface area contributed by atoms with Crippen molar-refractivity contribution in [3.63, 3.8) is 0 Å². The Bertz CT molecular complexity index is 1060. The van der Waals surface area contributed by atoms with Crippen molar-refractivity contribution >= 4 is 43.2 Å². The van der Waals surface area contributed by atoms with Gasteiger partial charge in [-0.3, -0.25) is 4.79 Å². The van der Waals surface area contributed by atoms with Gasteiger partial charge in [0.2, 0.25) is 10.0 Å². The first kappa shape index (κ1) is 20.2. The highest BCUT2D eigenvalue weighted by atomic mass is 32.2. The predicted octanol–water partition coefficient (Wildman–Crippen LogP) is 3.34. The van der Waals surface area contributed by atoms with E-state index in [0.717, 1.165) is 10.1 Å². The number of hydrogen-bond donors (Lipinski definition) is 1. The number of sulfonamides is 1. The molecule has 7 nitrogen and oxygen atoms in total. The van der Waals surface area contributed by atoms with E-state index in [1.165, 1.54) is 28.0 Å². The fraction of sp³-hybridized carbons (Fsp3) is 0.263. The van der Waals surface area contributed by atoms with E-state index < -0.39 is 10.0 Å². The highest BCUT2D eigenvalue weighted by Gasteiger charge is 2.21. The summed E-state index contributed by atoms with van der Waals surface area (Å²) in [4.78, 5) is 12.3. The van der Waals surface area contributed by atoms with Crippen molar-refractivity contribution in [2.24, 2.45) is 0 Å². The van der Waals surface area contributed by atoms with Gasteiger partial charge in [-0.2, -0.15) is 8.68 Å². The Morgan fingerprint density at radius 2 is 1.86 bits per heavy atom. The number of carbonyl (C=O) groups excluding carboxylic acids is 1. The standard InChI is InChI=1S/C19H21N3O4S2/c1-3-22(4-2)28(24,25)17-8-6-16(7-9-17)26-13-19(23)21-15-5-10-18-14(11-15)12-20-27-18/h5-12H,3-4,13H2,1-2H3,(H,21,23). The quantitative estimate of drug-likeness (QED) is 0.605. The monoisotopic (exact) mass is 419 g/mol. The molecule has 148 valence electrons. The summed E-state index contributed by atoms with van der Waals surface area (Å²) in [6.07, 6.45) is 1.75. The molecule has 0 spiro atoms. The lowest BCUT2D eigenvalue weighted by atomic mass is 10.2. The van der Waals surface area contributed by atoms with Gasteiger partial charge in [0.25, 0.3) is 5.91 Å². The van der Waals surface area contributed by atoms with Crippen LogP contribution in [0.1, 0.15) is 13.8 Å². The molecule has 2 aromatic carbocycles. The Morgan fingerprint density at radius 3 is 2.54 bits per heavy atom. The number of nitrogens with one attached hydrogen (secondary N) is 1. The molecule has 1 aromatic heterocycles. The summed E-state index contributed by atoms with van der Waals surface area (Å²) < 4.78 is 36.9. The highest BCUT2D eigenvalue weighted by Crippen LogP contribution is 2.22. The van der Waals surface area contributed by atoms with Gasteiger partial charge >= 0.3 is 0 Å². The van der Waals surface area contributed by atoms with Gasteiger partial charge in [-0.05, 0) is 54.0 Å². The number of ether oxygens (including phenoxy) is 1. The molecule has 28 heavy (non-hydrogen) atoms. The number of fused-ring (bicyclic) bond motifs is 1. The third-order valence-electron chi connectivity index (χ3n) is 4.17. The Balaban J connectivity index is 1.59. The molecule has 0 atom stereocenters. The third-order valence-corrected chi connectivity index (χ3v) is 7.02. The summed E-state index contributed by atoms with van der Waals surface area (Å²) in [6.45, 7) is 4.23. The average molecular weight is 420 g/mol. The summed E-state index contributed by atoms with van der Waals surface area (Å²) >= 11 is 1.40. The molecular formula is C19H21N3O4S2. The smallest absolute Gasteiger partial charge is 0.262 e. The predicted molar refractivity (Wildman–Crippen MR) is 110 cm³/mol. The fourth-order valence-corrected chi connectivity index (χ4v) is 4.80. The molecule has 0 saturated carbocycles. The molecule has 1 N–H and O–H groups in total. The molecule has 0 unspecified atom stereocenters. The highest BCUT2D eigenvalue weighted by molar-refractivity contribution is 7.89. The van der Waals surface area contributed by atoms with E-state index in [1.807, 2.05) is 18.2 Å². The normalized spacial score (nSPS) is 11.7. The minimum absolute atomic E-state index is 0.179. The largest absolute Gasteiger partial charge is 0.484 e. The average Bonchev–Trinajstić information content (AvgIpc) is 3.15. The summed E-state index contributed by atoms with van der Waals surface area (Å²) in [5.41, 5.74) is 0.668. The molecule has 0 bridgehead atoms. The van der Waals surface area contributed by atoms with Crippen LogP contribution < -0.4 is 10.1 Å². The van der Waals surface area contributed by atoms with Crippen molar-refractivity contribution in [3.05, 3.63) is 48.7 Å². The molecule has 0 aliphatic rings. The first-order valence-electron chi connectivity index (χ1n) is 8.81. The van der Waals surface area contributed by atoms with Crippen molar-refractivity contribution < 1.29 is 17.9 Å². The Kier molecular flexibility index (Phi) is 6.28. The van der Waals surface area contributed by atoms with Gasteiger partial charge in [-0.1, -0.05) is 13.8 Å². The minimum atomic E-state index is -3.51. The second kappa shape index (κ2) is 8.68. The maximum Gasteiger partial charge on any atom is 0.262 e. The zero-order valence-corrected chi connectivity index (χ0v) is 17.2. The lowest BCUT2D eigenvalue weighted by Crippen LogP contribution is -2.30. The number of rotatable bonds is 8. The molecule has 9 heteroatoms. The van der Waals surface area contributed by atoms with Gasteiger partial charge in [-0.25, -0.2) is 8.42 Å². The number of anilines is 1. The summed E-state index contributed by atoms with van der Waals surface area (Å²) in [5.74, 6) is 0.119. The van der Waals surface area contributed by atoms with Gasteiger partial charge in [0.15, 0.2) is 6.61 Å². The van der Waals surface area contributed by atoms with Crippen LogP contribution in [0.2, 0.25) is 0 Å². The van der Waals surface area contributed by atoms with Crippen LogP contribution >= 0.6 is 11.5 Å². The second-order valence-electron chi connectivity index (χ2n) is 5.98. The molecular weight excluding hydrogens is 398 g/mol. The Morgan fingerprint density at radius 1 is 1.14 bits per heavy atom.